The summed E-state index contributed by atoms with van der Waals surface area (Å²) in [6.07, 6.45) is 7.69. The van der Waals surface area contributed by atoms with Gasteiger partial charge in [-0.25, -0.2) is 0 Å². The van der Waals surface area contributed by atoms with E-state index in [4.69, 9.17) is 0 Å². The van der Waals surface area contributed by atoms with Gasteiger partial charge < -0.3 is 4.98 Å². The molecule has 0 saturated carbocycles. The van der Waals surface area contributed by atoms with Crippen LogP contribution >= 0.6 is 0 Å². The first kappa shape index (κ1) is 10.3. The quantitative estimate of drug-likeness (QED) is 0.788. The van der Waals surface area contributed by atoms with Crippen LogP contribution in [-0.2, 0) is 4.79 Å². The predicted octanol–water partition coefficient (Wildman–Crippen LogP) is 3.69. The molecule has 0 spiro atoms. The average molecular weight is 225 g/mol. The third-order valence-corrected chi connectivity index (χ3v) is 3.39. The fourth-order valence-corrected chi connectivity index (χ4v) is 2.50. The molecule has 0 bridgehead atoms. The standard InChI is InChI=1S/C15H15NO/c17-12-6-2-1-5-11(9-12)14-10-16-15-8-4-3-7-13(14)15/h3-4,7-10,16H,1-2,5-6H2. The topological polar surface area (TPSA) is 32.9 Å². The molecule has 0 atom stereocenters. The Morgan fingerprint density at radius 3 is 2.82 bits per heavy atom. The molecular weight excluding hydrogens is 210 g/mol. The molecule has 1 aliphatic carbocycles. The van der Waals surface area contributed by atoms with Gasteiger partial charge >= 0.3 is 0 Å². The molecule has 0 aliphatic heterocycles. The number of allylic oxidation sites excluding steroid dienone is 2. The second kappa shape index (κ2) is 4.21. The fraction of sp³-hybridized carbons (Fsp3) is 0.267. The highest BCUT2D eigenvalue weighted by atomic mass is 16.1. The van der Waals surface area contributed by atoms with Crippen molar-refractivity contribution in [2.24, 2.45) is 0 Å². The van der Waals surface area contributed by atoms with Crippen molar-refractivity contribution in [1.29, 1.82) is 0 Å². The van der Waals surface area contributed by atoms with Crippen LogP contribution in [0, 0.1) is 0 Å². The zero-order valence-electron chi connectivity index (χ0n) is 9.70. The van der Waals surface area contributed by atoms with Gasteiger partial charge in [0.05, 0.1) is 0 Å². The lowest BCUT2D eigenvalue weighted by Gasteiger charge is -2.02. The van der Waals surface area contributed by atoms with E-state index in [-0.39, 0.29) is 5.78 Å². The van der Waals surface area contributed by atoms with E-state index in [2.05, 4.69) is 17.1 Å². The van der Waals surface area contributed by atoms with Crippen LogP contribution in [0.4, 0.5) is 0 Å². The highest BCUT2D eigenvalue weighted by Gasteiger charge is 2.13. The highest BCUT2D eigenvalue weighted by Crippen LogP contribution is 2.30. The zero-order valence-corrected chi connectivity index (χ0v) is 9.70. The number of carbonyl (C=O) groups excluding carboxylic acids is 1. The molecule has 2 nitrogen and oxygen atoms in total. The largest absolute Gasteiger partial charge is 0.361 e. The lowest BCUT2D eigenvalue weighted by molar-refractivity contribution is -0.114. The summed E-state index contributed by atoms with van der Waals surface area (Å²) in [7, 11) is 0. The molecule has 1 aromatic carbocycles. The molecule has 1 aliphatic rings. The Hall–Kier alpha value is -1.83. The van der Waals surface area contributed by atoms with E-state index in [0.29, 0.717) is 6.42 Å². The van der Waals surface area contributed by atoms with Crippen molar-refractivity contribution in [3.63, 3.8) is 0 Å². The van der Waals surface area contributed by atoms with E-state index in [1.54, 1.807) is 0 Å². The molecular formula is C15H15NO. The van der Waals surface area contributed by atoms with Crippen LogP contribution in [0.2, 0.25) is 0 Å². The first-order valence-electron chi connectivity index (χ1n) is 6.14. The molecule has 0 amide bonds. The van der Waals surface area contributed by atoms with Crippen LogP contribution < -0.4 is 0 Å². The van der Waals surface area contributed by atoms with Gasteiger partial charge in [0.2, 0.25) is 0 Å². The Balaban J connectivity index is 2.11. The Labute approximate surface area is 100 Å². The van der Waals surface area contributed by atoms with E-state index in [0.717, 1.165) is 24.8 Å². The van der Waals surface area contributed by atoms with Gasteiger partial charge in [-0.05, 0) is 37.0 Å². The van der Waals surface area contributed by atoms with Crippen molar-refractivity contribution >= 4 is 22.3 Å². The lowest BCUT2D eigenvalue weighted by Crippen LogP contribution is -1.90. The number of hydrogen-bond acceptors (Lipinski definition) is 1. The number of hydrogen-bond donors (Lipinski definition) is 1. The van der Waals surface area contributed by atoms with Crippen molar-refractivity contribution in [2.75, 3.05) is 0 Å². The number of nitrogens with one attached hydrogen (secondary N) is 1. The first-order chi connectivity index (χ1) is 8.34. The van der Waals surface area contributed by atoms with Gasteiger partial charge in [0, 0.05) is 29.1 Å². The molecule has 0 unspecified atom stereocenters. The third kappa shape index (κ3) is 1.91. The van der Waals surface area contributed by atoms with Crippen LogP contribution in [0.1, 0.15) is 31.2 Å². The molecule has 0 fully saturated rings. The van der Waals surface area contributed by atoms with Crippen LogP contribution in [0.3, 0.4) is 0 Å². The van der Waals surface area contributed by atoms with Crippen molar-refractivity contribution in [1.82, 2.24) is 4.98 Å². The summed E-state index contributed by atoms with van der Waals surface area (Å²) >= 11 is 0. The van der Waals surface area contributed by atoms with Crippen molar-refractivity contribution < 1.29 is 4.79 Å². The summed E-state index contributed by atoms with van der Waals surface area (Å²) in [5.41, 5.74) is 3.51. The molecule has 1 N–H and O–H groups in total. The highest BCUT2D eigenvalue weighted by molar-refractivity contribution is 6.01. The summed E-state index contributed by atoms with van der Waals surface area (Å²) in [5, 5.41) is 1.22. The summed E-state index contributed by atoms with van der Waals surface area (Å²) in [4.78, 5) is 14.9. The summed E-state index contributed by atoms with van der Waals surface area (Å²) in [6.45, 7) is 0. The molecule has 0 saturated heterocycles. The van der Waals surface area contributed by atoms with Crippen molar-refractivity contribution in [3.05, 3.63) is 42.1 Å². The summed E-state index contributed by atoms with van der Waals surface area (Å²) in [5.74, 6) is 0.266. The number of ketones is 1. The number of para-hydroxylation sites is 1. The maximum absolute atomic E-state index is 11.6. The Kier molecular flexibility index (Phi) is 2.56. The molecule has 1 heterocycles. The van der Waals surface area contributed by atoms with Gasteiger partial charge in [0.15, 0.2) is 5.78 Å². The summed E-state index contributed by atoms with van der Waals surface area (Å²) < 4.78 is 0. The number of carbonyl (C=O) groups is 1. The zero-order chi connectivity index (χ0) is 11.7. The average Bonchev–Trinajstić information content (AvgIpc) is 2.66. The number of rotatable bonds is 1. The first-order valence-corrected chi connectivity index (χ1v) is 6.14. The summed E-state index contributed by atoms with van der Waals surface area (Å²) in [6, 6.07) is 8.24. The van der Waals surface area contributed by atoms with Crippen molar-refractivity contribution in [3.8, 4) is 0 Å². The van der Waals surface area contributed by atoms with E-state index in [1.807, 2.05) is 24.4 Å². The maximum atomic E-state index is 11.6. The molecule has 3 rings (SSSR count). The minimum Gasteiger partial charge on any atom is -0.361 e. The smallest absolute Gasteiger partial charge is 0.155 e. The van der Waals surface area contributed by atoms with Crippen LogP contribution in [0.5, 0.6) is 0 Å². The molecule has 1 aromatic heterocycles. The van der Waals surface area contributed by atoms with Gasteiger partial charge in [-0.1, -0.05) is 18.2 Å². The number of aromatic amines is 1. The number of aromatic nitrogens is 1. The third-order valence-electron chi connectivity index (χ3n) is 3.39. The van der Waals surface area contributed by atoms with Gasteiger partial charge in [-0.2, -0.15) is 0 Å². The predicted molar refractivity (Wildman–Crippen MR) is 69.8 cm³/mol. The van der Waals surface area contributed by atoms with Crippen LogP contribution in [0.15, 0.2) is 36.5 Å². The minimum atomic E-state index is 0.266. The van der Waals surface area contributed by atoms with Crippen molar-refractivity contribution in [2.45, 2.75) is 25.7 Å². The van der Waals surface area contributed by atoms with Gasteiger partial charge in [0.25, 0.3) is 0 Å². The van der Waals surface area contributed by atoms with E-state index >= 15 is 0 Å². The Bertz CT molecular complexity index is 592. The fourth-order valence-electron chi connectivity index (χ4n) is 2.50. The van der Waals surface area contributed by atoms with Crippen LogP contribution in [-0.4, -0.2) is 10.8 Å². The minimum absolute atomic E-state index is 0.266. The molecule has 2 heteroatoms. The van der Waals surface area contributed by atoms with Gasteiger partial charge in [0.1, 0.15) is 0 Å². The van der Waals surface area contributed by atoms with Crippen LogP contribution in [0.25, 0.3) is 16.5 Å². The molecule has 17 heavy (non-hydrogen) atoms. The second-order valence-corrected chi connectivity index (χ2v) is 4.59. The lowest BCUT2D eigenvalue weighted by atomic mass is 10.0. The Morgan fingerprint density at radius 2 is 1.88 bits per heavy atom. The normalized spacial score (nSPS) is 16.9. The monoisotopic (exact) mass is 225 g/mol. The number of benzene rings is 1. The van der Waals surface area contributed by atoms with Gasteiger partial charge in [-0.15, -0.1) is 0 Å². The second-order valence-electron chi connectivity index (χ2n) is 4.59. The van der Waals surface area contributed by atoms with Gasteiger partial charge in [-0.3, -0.25) is 4.79 Å². The number of fused-ring (bicyclic) bond motifs is 1. The Morgan fingerprint density at radius 1 is 1.06 bits per heavy atom. The SMILES string of the molecule is O=C1C=C(c2c[nH]c3ccccc23)CCCC1. The van der Waals surface area contributed by atoms with E-state index < -0.39 is 0 Å². The molecule has 86 valence electrons. The molecule has 2 aromatic rings. The molecule has 0 radical (unpaired) electrons. The number of H-pyrrole nitrogens is 1. The van der Waals surface area contributed by atoms with E-state index in [9.17, 15) is 4.79 Å². The maximum Gasteiger partial charge on any atom is 0.155 e. The van der Waals surface area contributed by atoms with E-state index in [1.165, 1.54) is 16.5 Å².